The zero-order chi connectivity index (χ0) is 21.3. The van der Waals surface area contributed by atoms with E-state index in [1.165, 1.54) is 0 Å². The molecule has 2 rings (SSSR count). The lowest BCUT2D eigenvalue weighted by Crippen LogP contribution is -2.43. The number of nitrogens with one attached hydrogen (secondary N) is 1. The highest BCUT2D eigenvalue weighted by atomic mass is 31.2. The number of benzene rings is 1. The molecule has 0 spiro atoms. The van der Waals surface area contributed by atoms with Gasteiger partial charge in [0, 0.05) is 31.4 Å². The van der Waals surface area contributed by atoms with Gasteiger partial charge < -0.3 is 9.84 Å². The smallest absolute Gasteiger partial charge is 0.269 e. The van der Waals surface area contributed by atoms with Crippen LogP contribution in [0.3, 0.4) is 0 Å². The van der Waals surface area contributed by atoms with Gasteiger partial charge in [0.2, 0.25) is 0 Å². The van der Waals surface area contributed by atoms with Crippen molar-refractivity contribution in [2.45, 2.75) is 67.3 Å². The molecule has 5 nitrogen and oxygen atoms in total. The molecule has 0 saturated carbocycles. The van der Waals surface area contributed by atoms with Gasteiger partial charge in [-0.1, -0.05) is 59.7 Å². The monoisotopic (exact) mass is 400 g/mol. The van der Waals surface area contributed by atoms with Crippen LogP contribution in [0.15, 0.2) is 30.3 Å². The van der Waals surface area contributed by atoms with Crippen LogP contribution in [0, 0.1) is 0 Å². The van der Waals surface area contributed by atoms with Crippen molar-refractivity contribution in [1.29, 1.82) is 0 Å². The summed E-state index contributed by atoms with van der Waals surface area (Å²) in [5.74, 6) is -0.0430. The molecule has 1 aliphatic rings. The fourth-order valence-corrected chi connectivity index (χ4v) is 4.15. The third-order valence-electron chi connectivity index (χ3n) is 3.72. The van der Waals surface area contributed by atoms with Gasteiger partial charge in [-0.15, -0.1) is 0 Å². The van der Waals surface area contributed by atoms with Crippen LogP contribution < -0.4 is 5.32 Å². The molecule has 1 fully saturated rings. The van der Waals surface area contributed by atoms with Gasteiger partial charge in [0.25, 0.3) is 13.4 Å². The molecule has 0 aliphatic carbocycles. The molecule has 1 aromatic rings. The first-order valence-electron chi connectivity index (χ1n) is 10.4. The topological polar surface area (TPSA) is 58.6 Å². The maximum absolute atomic E-state index is 12.3. The lowest BCUT2D eigenvalue weighted by atomic mass is 10.1. The molecule has 27 heavy (non-hydrogen) atoms. The lowest BCUT2D eigenvalue weighted by molar-refractivity contribution is 0.0922. The minimum absolute atomic E-state index is 0.0430. The first kappa shape index (κ1) is 28.1. The number of carbonyl (C=O) groups is 1. The van der Waals surface area contributed by atoms with Crippen molar-refractivity contribution in [2.75, 3.05) is 26.4 Å². The van der Waals surface area contributed by atoms with E-state index in [-0.39, 0.29) is 11.9 Å². The SMILES string of the molecule is CC.CC.CC.CCOP(C)(=O)N1CCC(NC(=O)c2ccccc2)CC1. The van der Waals surface area contributed by atoms with E-state index in [0.717, 1.165) is 12.8 Å². The second-order valence-corrected chi connectivity index (χ2v) is 7.72. The summed E-state index contributed by atoms with van der Waals surface area (Å²) < 4.78 is 19.6. The van der Waals surface area contributed by atoms with Crippen LogP contribution in [0.5, 0.6) is 0 Å². The Balaban J connectivity index is 0. The van der Waals surface area contributed by atoms with Crippen molar-refractivity contribution in [2.24, 2.45) is 0 Å². The van der Waals surface area contributed by atoms with Crippen molar-refractivity contribution in [3.8, 4) is 0 Å². The number of hydrogen-bond donors (Lipinski definition) is 1. The van der Waals surface area contributed by atoms with E-state index >= 15 is 0 Å². The van der Waals surface area contributed by atoms with Crippen LogP contribution >= 0.6 is 7.52 Å². The van der Waals surface area contributed by atoms with Gasteiger partial charge in [0.05, 0.1) is 6.61 Å². The largest absolute Gasteiger partial charge is 0.349 e. The molecule has 1 atom stereocenters. The summed E-state index contributed by atoms with van der Waals surface area (Å²) in [7, 11) is -2.67. The molecule has 1 unspecified atom stereocenters. The Morgan fingerprint density at radius 1 is 1.07 bits per heavy atom. The van der Waals surface area contributed by atoms with Crippen molar-refractivity contribution >= 4 is 13.4 Å². The normalized spacial score (nSPS) is 16.1. The minimum atomic E-state index is -2.67. The Labute approximate surface area is 167 Å². The standard InChI is InChI=1S/C15H23N2O3P.3C2H6/c1-3-20-21(2,19)17-11-9-14(10-12-17)16-15(18)13-7-5-4-6-8-13;3*1-2/h4-8,14H,3,9-12H2,1-2H3,(H,16,18);3*1-2H3. The highest BCUT2D eigenvalue weighted by molar-refractivity contribution is 7.55. The quantitative estimate of drug-likeness (QED) is 0.633. The van der Waals surface area contributed by atoms with Gasteiger partial charge >= 0.3 is 0 Å². The highest BCUT2D eigenvalue weighted by Gasteiger charge is 2.30. The second-order valence-electron chi connectivity index (χ2n) is 5.29. The molecule has 1 aliphatic heterocycles. The van der Waals surface area contributed by atoms with Crippen molar-refractivity contribution in [1.82, 2.24) is 9.99 Å². The zero-order valence-corrected chi connectivity index (χ0v) is 19.5. The van der Waals surface area contributed by atoms with Crippen molar-refractivity contribution in [3.63, 3.8) is 0 Å². The summed E-state index contributed by atoms with van der Waals surface area (Å²) in [6, 6.07) is 9.34. The third-order valence-corrected chi connectivity index (χ3v) is 5.89. The average Bonchev–Trinajstić information content (AvgIpc) is 2.73. The molecule has 0 radical (unpaired) electrons. The van der Waals surface area contributed by atoms with E-state index in [0.29, 0.717) is 25.3 Å². The van der Waals surface area contributed by atoms with Crippen LogP contribution in [0.2, 0.25) is 0 Å². The molecule has 1 heterocycles. The number of amides is 1. The molecule has 6 heteroatoms. The summed E-state index contributed by atoms with van der Waals surface area (Å²) in [5, 5.41) is 3.04. The summed E-state index contributed by atoms with van der Waals surface area (Å²) in [5.41, 5.74) is 0.676. The third kappa shape index (κ3) is 10.7. The zero-order valence-electron chi connectivity index (χ0n) is 18.6. The molecule has 1 saturated heterocycles. The van der Waals surface area contributed by atoms with Crippen LogP contribution in [0.4, 0.5) is 0 Å². The summed E-state index contributed by atoms with van der Waals surface area (Å²) in [6.07, 6.45) is 1.59. The first-order valence-corrected chi connectivity index (χ1v) is 12.4. The Morgan fingerprint density at radius 3 is 2.00 bits per heavy atom. The molecule has 0 bridgehead atoms. The van der Waals surface area contributed by atoms with E-state index in [9.17, 15) is 9.36 Å². The van der Waals surface area contributed by atoms with E-state index in [4.69, 9.17) is 4.52 Å². The molecule has 0 aromatic heterocycles. The van der Waals surface area contributed by atoms with Crippen LogP contribution in [0.1, 0.15) is 71.7 Å². The summed E-state index contributed by atoms with van der Waals surface area (Å²) in [4.78, 5) is 12.1. The van der Waals surface area contributed by atoms with Crippen LogP contribution in [-0.2, 0) is 9.09 Å². The molecule has 1 aromatic carbocycles. The minimum Gasteiger partial charge on any atom is -0.349 e. The summed E-state index contributed by atoms with van der Waals surface area (Å²) in [6.45, 7) is 17.3. The maximum Gasteiger partial charge on any atom is 0.269 e. The van der Waals surface area contributed by atoms with Crippen molar-refractivity contribution < 1.29 is 13.9 Å². The second kappa shape index (κ2) is 17.0. The molecular formula is C21H41N2O3P. The number of nitrogens with zero attached hydrogens (tertiary/aromatic N) is 1. The Hall–Kier alpha value is -1.16. The molecule has 1 N–H and O–H groups in total. The maximum atomic E-state index is 12.3. The highest BCUT2D eigenvalue weighted by Crippen LogP contribution is 2.47. The van der Waals surface area contributed by atoms with Crippen LogP contribution in [0.25, 0.3) is 0 Å². The Morgan fingerprint density at radius 2 is 1.56 bits per heavy atom. The van der Waals surface area contributed by atoms with Gasteiger partial charge in [0.1, 0.15) is 0 Å². The summed E-state index contributed by atoms with van der Waals surface area (Å²) >= 11 is 0. The predicted octanol–water partition coefficient (Wildman–Crippen LogP) is 5.82. The first-order chi connectivity index (χ1) is 13.0. The Bertz CT molecular complexity index is 515. The molecule has 158 valence electrons. The fourth-order valence-electron chi connectivity index (χ4n) is 2.55. The van der Waals surface area contributed by atoms with Gasteiger partial charge in [-0.25, -0.2) is 4.67 Å². The van der Waals surface area contributed by atoms with Gasteiger partial charge in [-0.05, 0) is 31.9 Å². The number of rotatable bonds is 5. The number of hydrogen-bond acceptors (Lipinski definition) is 3. The van der Waals surface area contributed by atoms with E-state index < -0.39 is 7.52 Å². The van der Waals surface area contributed by atoms with Crippen LogP contribution in [-0.4, -0.2) is 43.0 Å². The van der Waals surface area contributed by atoms with E-state index in [2.05, 4.69) is 5.32 Å². The van der Waals surface area contributed by atoms with Gasteiger partial charge in [-0.2, -0.15) is 0 Å². The van der Waals surface area contributed by atoms with E-state index in [1.807, 2.05) is 71.3 Å². The Kier molecular flexibility index (Phi) is 17.6. The average molecular weight is 401 g/mol. The predicted molar refractivity (Wildman–Crippen MR) is 118 cm³/mol. The van der Waals surface area contributed by atoms with E-state index in [1.54, 1.807) is 18.8 Å². The van der Waals surface area contributed by atoms with Gasteiger partial charge in [0.15, 0.2) is 0 Å². The number of carbonyl (C=O) groups excluding carboxylic acids is 1. The fraction of sp³-hybridized carbons (Fsp3) is 0.667. The lowest BCUT2D eigenvalue weighted by Gasteiger charge is -2.35. The van der Waals surface area contributed by atoms with Gasteiger partial charge in [-0.3, -0.25) is 9.36 Å². The molecule has 1 amide bonds. The van der Waals surface area contributed by atoms with Crippen molar-refractivity contribution in [3.05, 3.63) is 35.9 Å². The number of piperidine rings is 1. The molecular weight excluding hydrogens is 359 g/mol.